The molecule has 0 atom stereocenters. The molecule has 146 valence electrons. The van der Waals surface area contributed by atoms with Crippen LogP contribution in [-0.2, 0) is 6.42 Å². The van der Waals surface area contributed by atoms with Gasteiger partial charge in [-0.1, -0.05) is 30.7 Å². The molecule has 0 saturated heterocycles. The number of nitrogens with zero attached hydrogens (tertiary/aromatic N) is 2. The molecule has 0 aliphatic carbocycles. The minimum atomic E-state index is -0.181. The van der Waals surface area contributed by atoms with E-state index in [-0.39, 0.29) is 5.91 Å². The summed E-state index contributed by atoms with van der Waals surface area (Å²) in [4.78, 5) is 12.6. The van der Waals surface area contributed by atoms with Crippen LogP contribution in [0.2, 0.25) is 5.02 Å². The number of ether oxygens (including phenoxy) is 2. The van der Waals surface area contributed by atoms with Crippen molar-refractivity contribution in [1.29, 1.82) is 0 Å². The van der Waals surface area contributed by atoms with E-state index >= 15 is 0 Å². The first-order chi connectivity index (χ1) is 13.6. The summed E-state index contributed by atoms with van der Waals surface area (Å²) in [6.07, 6.45) is 2.24. The highest BCUT2D eigenvalue weighted by molar-refractivity contribution is 6.30. The zero-order valence-electron chi connectivity index (χ0n) is 15.8. The fraction of sp³-hybridized carbons (Fsp3) is 0.238. The molecule has 0 fully saturated rings. The summed E-state index contributed by atoms with van der Waals surface area (Å²) in [7, 11) is 1.61. The predicted octanol–water partition coefficient (Wildman–Crippen LogP) is 3.91. The second-order valence-electron chi connectivity index (χ2n) is 6.03. The second kappa shape index (κ2) is 9.28. The van der Waals surface area contributed by atoms with Gasteiger partial charge in [-0.05, 0) is 36.8 Å². The molecule has 0 unspecified atom stereocenters. The van der Waals surface area contributed by atoms with Crippen molar-refractivity contribution < 1.29 is 14.3 Å². The van der Waals surface area contributed by atoms with Crippen molar-refractivity contribution in [2.45, 2.75) is 13.3 Å². The highest BCUT2D eigenvalue weighted by Gasteiger charge is 2.17. The lowest BCUT2D eigenvalue weighted by atomic mass is 10.2. The molecule has 0 saturated carbocycles. The quantitative estimate of drug-likeness (QED) is 0.583. The highest BCUT2D eigenvalue weighted by Crippen LogP contribution is 2.20. The Hall–Kier alpha value is -2.99. The number of carbonyl (C=O) groups is 1. The molecule has 1 N–H and O–H groups in total. The molecule has 0 spiro atoms. The van der Waals surface area contributed by atoms with Gasteiger partial charge in [-0.25, -0.2) is 4.68 Å². The SMILES string of the molecule is CCc1c(C(=O)NCCOc2cccc(OC)c2)cnn1-c1cccc(Cl)c1. The van der Waals surface area contributed by atoms with E-state index in [0.29, 0.717) is 35.9 Å². The maximum absolute atomic E-state index is 12.6. The summed E-state index contributed by atoms with van der Waals surface area (Å²) in [6.45, 7) is 2.71. The molecule has 0 aliphatic rings. The maximum atomic E-state index is 12.6. The lowest BCUT2D eigenvalue weighted by molar-refractivity contribution is 0.0946. The third-order valence-electron chi connectivity index (χ3n) is 4.20. The van der Waals surface area contributed by atoms with E-state index in [4.69, 9.17) is 21.1 Å². The summed E-state index contributed by atoms with van der Waals surface area (Å²) in [5, 5.41) is 7.86. The lowest BCUT2D eigenvalue weighted by Crippen LogP contribution is -2.28. The van der Waals surface area contributed by atoms with Crippen LogP contribution in [0.1, 0.15) is 23.0 Å². The number of aromatic nitrogens is 2. The Morgan fingerprint density at radius 1 is 1.18 bits per heavy atom. The Morgan fingerprint density at radius 3 is 2.71 bits per heavy atom. The second-order valence-corrected chi connectivity index (χ2v) is 6.47. The van der Waals surface area contributed by atoms with Crippen LogP contribution in [0, 0.1) is 0 Å². The van der Waals surface area contributed by atoms with E-state index in [0.717, 1.165) is 17.1 Å². The molecule has 0 radical (unpaired) electrons. The first kappa shape index (κ1) is 19.8. The zero-order valence-corrected chi connectivity index (χ0v) is 16.6. The minimum Gasteiger partial charge on any atom is -0.497 e. The van der Waals surface area contributed by atoms with Gasteiger partial charge in [0, 0.05) is 11.1 Å². The van der Waals surface area contributed by atoms with E-state index in [1.807, 2.05) is 43.3 Å². The van der Waals surface area contributed by atoms with E-state index in [9.17, 15) is 4.79 Å². The number of amides is 1. The molecular weight excluding hydrogens is 378 g/mol. The van der Waals surface area contributed by atoms with Crippen LogP contribution in [0.3, 0.4) is 0 Å². The number of carbonyl (C=O) groups excluding carboxylic acids is 1. The molecule has 6 nitrogen and oxygen atoms in total. The van der Waals surface area contributed by atoms with Crippen molar-refractivity contribution in [3.05, 3.63) is 71.0 Å². The van der Waals surface area contributed by atoms with Crippen LogP contribution in [0.15, 0.2) is 54.7 Å². The van der Waals surface area contributed by atoms with Gasteiger partial charge in [0.2, 0.25) is 0 Å². The molecule has 1 amide bonds. The van der Waals surface area contributed by atoms with Crippen LogP contribution < -0.4 is 14.8 Å². The molecule has 3 rings (SSSR count). The lowest BCUT2D eigenvalue weighted by Gasteiger charge is -2.10. The minimum absolute atomic E-state index is 0.181. The molecule has 0 aliphatic heterocycles. The van der Waals surface area contributed by atoms with Gasteiger partial charge >= 0.3 is 0 Å². The van der Waals surface area contributed by atoms with Crippen molar-refractivity contribution >= 4 is 17.5 Å². The number of hydrogen-bond donors (Lipinski definition) is 1. The monoisotopic (exact) mass is 399 g/mol. The van der Waals surface area contributed by atoms with Gasteiger partial charge in [0.15, 0.2) is 0 Å². The Bertz CT molecular complexity index is 956. The van der Waals surface area contributed by atoms with Crippen LogP contribution in [0.5, 0.6) is 11.5 Å². The Morgan fingerprint density at radius 2 is 1.96 bits per heavy atom. The number of methoxy groups -OCH3 is 1. The van der Waals surface area contributed by atoms with Gasteiger partial charge in [-0.3, -0.25) is 4.79 Å². The molecule has 1 aromatic heterocycles. The van der Waals surface area contributed by atoms with E-state index < -0.39 is 0 Å². The Labute approximate surface area is 169 Å². The third-order valence-corrected chi connectivity index (χ3v) is 4.43. The average Bonchev–Trinajstić information content (AvgIpc) is 3.15. The van der Waals surface area contributed by atoms with Crippen molar-refractivity contribution in [2.75, 3.05) is 20.3 Å². The van der Waals surface area contributed by atoms with Gasteiger partial charge in [-0.2, -0.15) is 5.10 Å². The van der Waals surface area contributed by atoms with Gasteiger partial charge in [0.25, 0.3) is 5.91 Å². The summed E-state index contributed by atoms with van der Waals surface area (Å²) in [6, 6.07) is 14.7. The van der Waals surface area contributed by atoms with E-state index in [2.05, 4.69) is 10.4 Å². The van der Waals surface area contributed by atoms with Gasteiger partial charge in [-0.15, -0.1) is 0 Å². The Balaban J connectivity index is 1.61. The maximum Gasteiger partial charge on any atom is 0.254 e. The molecule has 28 heavy (non-hydrogen) atoms. The normalized spacial score (nSPS) is 10.5. The number of nitrogens with one attached hydrogen (secondary N) is 1. The van der Waals surface area contributed by atoms with Crippen LogP contribution in [0.4, 0.5) is 0 Å². The van der Waals surface area contributed by atoms with Crippen molar-refractivity contribution in [1.82, 2.24) is 15.1 Å². The number of halogens is 1. The van der Waals surface area contributed by atoms with E-state index in [1.165, 1.54) is 0 Å². The summed E-state index contributed by atoms with van der Waals surface area (Å²) in [5.74, 6) is 1.23. The van der Waals surface area contributed by atoms with Gasteiger partial charge in [0.1, 0.15) is 18.1 Å². The number of hydrogen-bond acceptors (Lipinski definition) is 4. The molecule has 0 bridgehead atoms. The standard InChI is InChI=1S/C21H22ClN3O3/c1-3-20-19(14-24-25(20)16-7-4-6-15(22)12-16)21(26)23-10-11-28-18-9-5-8-17(13-18)27-2/h4-9,12-14H,3,10-11H2,1-2H3,(H,23,26). The molecule has 2 aromatic carbocycles. The van der Waals surface area contributed by atoms with Gasteiger partial charge < -0.3 is 14.8 Å². The largest absolute Gasteiger partial charge is 0.497 e. The summed E-state index contributed by atoms with van der Waals surface area (Å²) < 4.78 is 12.6. The van der Waals surface area contributed by atoms with Crippen molar-refractivity contribution in [3.8, 4) is 17.2 Å². The van der Waals surface area contributed by atoms with Crippen LogP contribution >= 0.6 is 11.6 Å². The highest BCUT2D eigenvalue weighted by atomic mass is 35.5. The molecule has 1 heterocycles. The summed E-state index contributed by atoms with van der Waals surface area (Å²) in [5.41, 5.74) is 2.20. The smallest absolute Gasteiger partial charge is 0.254 e. The molecule has 3 aromatic rings. The van der Waals surface area contributed by atoms with Crippen molar-refractivity contribution in [2.24, 2.45) is 0 Å². The first-order valence-electron chi connectivity index (χ1n) is 9.00. The van der Waals surface area contributed by atoms with E-state index in [1.54, 1.807) is 30.1 Å². The zero-order chi connectivity index (χ0) is 19.9. The third kappa shape index (κ3) is 4.64. The first-order valence-corrected chi connectivity index (χ1v) is 9.38. The number of benzene rings is 2. The summed E-state index contributed by atoms with van der Waals surface area (Å²) >= 11 is 6.07. The topological polar surface area (TPSA) is 65.4 Å². The molecular formula is C21H22ClN3O3. The fourth-order valence-electron chi connectivity index (χ4n) is 2.85. The van der Waals surface area contributed by atoms with Crippen LogP contribution in [-0.4, -0.2) is 35.9 Å². The van der Waals surface area contributed by atoms with Crippen LogP contribution in [0.25, 0.3) is 5.69 Å². The fourth-order valence-corrected chi connectivity index (χ4v) is 3.04. The number of rotatable bonds is 8. The predicted molar refractivity (Wildman–Crippen MR) is 109 cm³/mol. The van der Waals surface area contributed by atoms with Gasteiger partial charge in [0.05, 0.1) is 36.8 Å². The van der Waals surface area contributed by atoms with Crippen molar-refractivity contribution in [3.63, 3.8) is 0 Å². The average molecular weight is 400 g/mol. The molecule has 7 heteroatoms. The Kier molecular flexibility index (Phi) is 6.55.